The zero-order valence-corrected chi connectivity index (χ0v) is 10.6. The van der Waals surface area contributed by atoms with Gasteiger partial charge in [-0.2, -0.15) is 10.4 Å². The normalized spacial score (nSPS) is 10.2. The van der Waals surface area contributed by atoms with Crippen molar-refractivity contribution in [3.63, 3.8) is 0 Å². The van der Waals surface area contributed by atoms with Gasteiger partial charge in [0.2, 0.25) is 0 Å². The second-order valence-electron chi connectivity index (χ2n) is 4.18. The molecule has 0 aliphatic rings. The number of hydrogen-bond acceptors (Lipinski definition) is 5. The summed E-state index contributed by atoms with van der Waals surface area (Å²) in [6.07, 6.45) is 1.55. The monoisotopic (exact) mass is 280 g/mol. The van der Waals surface area contributed by atoms with E-state index >= 15 is 0 Å². The number of benzene rings is 1. The van der Waals surface area contributed by atoms with E-state index in [-0.39, 0.29) is 22.9 Å². The van der Waals surface area contributed by atoms with Gasteiger partial charge in [0, 0.05) is 6.20 Å². The predicted molar refractivity (Wildman–Crippen MR) is 72.6 cm³/mol. The highest BCUT2D eigenvalue weighted by Crippen LogP contribution is 2.28. The van der Waals surface area contributed by atoms with Crippen LogP contribution in [0.5, 0.6) is 0 Å². The summed E-state index contributed by atoms with van der Waals surface area (Å²) in [6.45, 7) is 0. The van der Waals surface area contributed by atoms with Crippen LogP contribution in [0.15, 0.2) is 53.1 Å². The molecule has 0 N–H and O–H groups in total. The van der Waals surface area contributed by atoms with Gasteiger partial charge in [-0.05, 0) is 18.2 Å². The third-order valence-electron chi connectivity index (χ3n) is 2.86. The van der Waals surface area contributed by atoms with Crippen LogP contribution in [0.2, 0.25) is 0 Å². The third-order valence-corrected chi connectivity index (χ3v) is 2.86. The van der Waals surface area contributed by atoms with E-state index in [1.165, 1.54) is 16.8 Å². The Bertz CT molecular complexity index is 843. The summed E-state index contributed by atoms with van der Waals surface area (Å²) in [5, 5.41) is 24.1. The van der Waals surface area contributed by atoms with E-state index in [4.69, 9.17) is 4.42 Å². The molecule has 0 spiro atoms. The largest absolute Gasteiger partial charge is 0.433 e. The highest BCUT2D eigenvalue weighted by atomic mass is 16.6. The van der Waals surface area contributed by atoms with Gasteiger partial charge >= 0.3 is 5.88 Å². The molecule has 0 fully saturated rings. The Hall–Kier alpha value is -3.40. The van der Waals surface area contributed by atoms with Crippen molar-refractivity contribution in [3.05, 3.63) is 64.3 Å². The van der Waals surface area contributed by atoms with Gasteiger partial charge in [0.1, 0.15) is 22.2 Å². The SMILES string of the molecule is N#Cc1cn(-c2ccccc2)nc1-c1ccc([N+](=O)[O-])o1. The molecule has 0 atom stereocenters. The molecule has 3 aromatic rings. The lowest BCUT2D eigenvalue weighted by Gasteiger charge is -1.98. The molecule has 21 heavy (non-hydrogen) atoms. The highest BCUT2D eigenvalue weighted by molar-refractivity contribution is 5.62. The molecule has 0 unspecified atom stereocenters. The molecule has 3 rings (SSSR count). The average Bonchev–Trinajstić information content (AvgIpc) is 3.14. The minimum atomic E-state index is -0.635. The maximum atomic E-state index is 10.6. The van der Waals surface area contributed by atoms with Crippen molar-refractivity contribution in [2.24, 2.45) is 0 Å². The second-order valence-corrected chi connectivity index (χ2v) is 4.18. The zero-order chi connectivity index (χ0) is 14.8. The van der Waals surface area contributed by atoms with Crippen LogP contribution in [0.1, 0.15) is 5.56 Å². The van der Waals surface area contributed by atoms with Gasteiger partial charge in [0.05, 0.1) is 11.8 Å². The maximum absolute atomic E-state index is 10.6. The van der Waals surface area contributed by atoms with E-state index < -0.39 is 4.92 Å². The van der Waals surface area contributed by atoms with Crippen molar-refractivity contribution in [3.8, 4) is 23.2 Å². The summed E-state index contributed by atoms with van der Waals surface area (Å²) in [7, 11) is 0. The van der Waals surface area contributed by atoms with Gasteiger partial charge in [-0.3, -0.25) is 10.1 Å². The fourth-order valence-electron chi connectivity index (χ4n) is 1.90. The molecule has 0 radical (unpaired) electrons. The number of aromatic nitrogens is 2. The molecule has 1 aromatic carbocycles. The number of hydrogen-bond donors (Lipinski definition) is 0. The van der Waals surface area contributed by atoms with Crippen molar-refractivity contribution in [1.82, 2.24) is 9.78 Å². The van der Waals surface area contributed by atoms with E-state index in [9.17, 15) is 15.4 Å². The number of rotatable bonds is 3. The fourth-order valence-corrected chi connectivity index (χ4v) is 1.90. The van der Waals surface area contributed by atoms with Crippen molar-refractivity contribution in [2.75, 3.05) is 0 Å². The Labute approximate surface area is 118 Å². The molecule has 2 aromatic heterocycles. The van der Waals surface area contributed by atoms with Crippen LogP contribution in [0.3, 0.4) is 0 Å². The van der Waals surface area contributed by atoms with E-state index in [0.29, 0.717) is 0 Å². The summed E-state index contributed by atoms with van der Waals surface area (Å²) >= 11 is 0. The average molecular weight is 280 g/mol. The molecule has 0 saturated heterocycles. The molecular weight excluding hydrogens is 272 g/mol. The van der Waals surface area contributed by atoms with Gasteiger partial charge in [-0.1, -0.05) is 18.2 Å². The minimum absolute atomic E-state index is 0.188. The molecule has 0 amide bonds. The summed E-state index contributed by atoms with van der Waals surface area (Å²) in [4.78, 5) is 10.0. The van der Waals surface area contributed by atoms with Gasteiger partial charge in [-0.15, -0.1) is 0 Å². The Balaban J connectivity index is 2.08. The predicted octanol–water partition coefficient (Wildman–Crippen LogP) is 2.91. The molecule has 0 aliphatic carbocycles. The Morgan fingerprint density at radius 2 is 2.00 bits per heavy atom. The van der Waals surface area contributed by atoms with Crippen molar-refractivity contribution in [2.45, 2.75) is 0 Å². The van der Waals surface area contributed by atoms with E-state index in [1.54, 1.807) is 6.20 Å². The Morgan fingerprint density at radius 1 is 1.24 bits per heavy atom. The highest BCUT2D eigenvalue weighted by Gasteiger charge is 2.19. The van der Waals surface area contributed by atoms with Crippen LogP contribution in [-0.2, 0) is 0 Å². The summed E-state index contributed by atoms with van der Waals surface area (Å²) in [5.74, 6) is -0.198. The van der Waals surface area contributed by atoms with Gasteiger partial charge < -0.3 is 4.42 Å². The van der Waals surface area contributed by atoms with Crippen LogP contribution in [0, 0.1) is 21.4 Å². The van der Waals surface area contributed by atoms with Gasteiger partial charge in [-0.25, -0.2) is 4.68 Å². The van der Waals surface area contributed by atoms with Gasteiger partial charge in [0.25, 0.3) is 0 Å². The molecular formula is C14H8N4O3. The summed E-state index contributed by atoms with van der Waals surface area (Å²) in [6, 6.07) is 13.9. The molecule has 0 bridgehead atoms. The first-order chi connectivity index (χ1) is 10.2. The molecule has 7 heteroatoms. The first kappa shape index (κ1) is 12.6. The second kappa shape index (κ2) is 4.94. The number of nitro groups is 1. The summed E-state index contributed by atoms with van der Waals surface area (Å²) in [5.41, 5.74) is 1.33. The van der Waals surface area contributed by atoms with Crippen LogP contribution >= 0.6 is 0 Å². The Kier molecular flexibility index (Phi) is 2.97. The molecule has 102 valence electrons. The van der Waals surface area contributed by atoms with E-state index in [1.807, 2.05) is 36.4 Å². The molecule has 7 nitrogen and oxygen atoms in total. The lowest BCUT2D eigenvalue weighted by Crippen LogP contribution is -1.93. The number of nitriles is 1. The van der Waals surface area contributed by atoms with Crippen molar-refractivity contribution >= 4 is 5.88 Å². The third kappa shape index (κ3) is 2.26. The quantitative estimate of drug-likeness (QED) is 0.542. The van der Waals surface area contributed by atoms with E-state index in [0.717, 1.165) is 5.69 Å². The topological polar surface area (TPSA) is 97.9 Å². The van der Waals surface area contributed by atoms with Crippen LogP contribution < -0.4 is 0 Å². The smallest absolute Gasteiger partial charge is 0.399 e. The minimum Gasteiger partial charge on any atom is -0.399 e. The zero-order valence-electron chi connectivity index (χ0n) is 10.6. The molecule has 0 aliphatic heterocycles. The summed E-state index contributed by atoms with van der Waals surface area (Å²) < 4.78 is 6.63. The fraction of sp³-hybridized carbons (Fsp3) is 0. The number of furan rings is 1. The first-order valence-electron chi connectivity index (χ1n) is 5.99. The molecule has 2 heterocycles. The number of nitrogens with zero attached hydrogens (tertiary/aromatic N) is 4. The number of para-hydroxylation sites is 1. The Morgan fingerprint density at radius 3 is 2.62 bits per heavy atom. The lowest BCUT2D eigenvalue weighted by atomic mass is 10.2. The maximum Gasteiger partial charge on any atom is 0.433 e. The molecule has 0 saturated carbocycles. The van der Waals surface area contributed by atoms with E-state index in [2.05, 4.69) is 5.10 Å². The lowest BCUT2D eigenvalue weighted by molar-refractivity contribution is -0.401. The van der Waals surface area contributed by atoms with Crippen LogP contribution in [0.4, 0.5) is 5.88 Å². The van der Waals surface area contributed by atoms with Gasteiger partial charge in [0.15, 0.2) is 5.76 Å². The van der Waals surface area contributed by atoms with Crippen LogP contribution in [-0.4, -0.2) is 14.7 Å². The van der Waals surface area contributed by atoms with Crippen molar-refractivity contribution in [1.29, 1.82) is 5.26 Å². The first-order valence-corrected chi connectivity index (χ1v) is 5.99. The van der Waals surface area contributed by atoms with Crippen molar-refractivity contribution < 1.29 is 9.34 Å². The van der Waals surface area contributed by atoms with Crippen LogP contribution in [0.25, 0.3) is 17.1 Å². The standard InChI is InChI=1S/C14H8N4O3/c15-8-10-9-17(11-4-2-1-3-5-11)16-14(10)12-6-7-13(21-12)18(19)20/h1-7,9H.